The molecule has 0 atom stereocenters. The van der Waals surface area contributed by atoms with E-state index in [2.05, 4.69) is 0 Å². The normalized spacial score (nSPS) is 11.3. The van der Waals surface area contributed by atoms with Gasteiger partial charge in [0.15, 0.2) is 5.22 Å². The fourth-order valence-electron chi connectivity index (χ4n) is 1.13. The highest BCUT2D eigenvalue weighted by atomic mass is 35.5. The van der Waals surface area contributed by atoms with Crippen molar-refractivity contribution in [3.05, 3.63) is 46.8 Å². The topological polar surface area (TPSA) is 26.3 Å². The van der Waals surface area contributed by atoms with E-state index in [-0.39, 0.29) is 0 Å². The van der Waals surface area contributed by atoms with Crippen molar-refractivity contribution >= 4 is 23.8 Å². The van der Waals surface area contributed by atoms with Gasteiger partial charge in [-0.15, -0.1) is 0 Å². The zero-order valence-corrected chi connectivity index (χ0v) is 8.41. The molecule has 0 unspecified atom stereocenters. The number of rotatable bonds is 2. The summed E-state index contributed by atoms with van der Waals surface area (Å²) >= 11 is 5.62. The summed E-state index contributed by atoms with van der Waals surface area (Å²) in [6, 6.07) is 7.31. The van der Waals surface area contributed by atoms with E-state index in [1.807, 2.05) is 31.2 Å². The number of hydrogen-bond acceptors (Lipinski definition) is 2. The molecule has 0 aliphatic heterocycles. The van der Waals surface area contributed by atoms with Crippen molar-refractivity contribution in [2.24, 2.45) is 0 Å². The molecule has 0 saturated heterocycles. The van der Waals surface area contributed by atoms with Gasteiger partial charge in [0, 0.05) is 0 Å². The van der Waals surface area contributed by atoms with Gasteiger partial charge in [0.25, 0.3) is 0 Å². The Labute approximate surface area is 86.8 Å². The molecule has 0 radical (unpaired) electrons. The van der Waals surface area contributed by atoms with Crippen molar-refractivity contribution in [2.45, 2.75) is 6.92 Å². The van der Waals surface area contributed by atoms with Crippen LogP contribution in [0.15, 0.2) is 33.1 Å². The molecule has 0 aliphatic rings. The Balaban J connectivity index is 2.14. The third-order valence-corrected chi connectivity index (χ3v) is 1.97. The summed E-state index contributed by atoms with van der Waals surface area (Å²) in [4.78, 5) is 0. The zero-order chi connectivity index (χ0) is 9.97. The SMILES string of the molecule is Cc1ccc(/C=C/c2ccc(Cl)o2)o1. The summed E-state index contributed by atoms with van der Waals surface area (Å²) in [7, 11) is 0. The van der Waals surface area contributed by atoms with Crippen molar-refractivity contribution in [2.75, 3.05) is 0 Å². The van der Waals surface area contributed by atoms with Crippen LogP contribution >= 0.6 is 11.6 Å². The van der Waals surface area contributed by atoms with Crippen LogP contribution in [0.4, 0.5) is 0 Å². The molecular formula is C11H9ClO2. The minimum atomic E-state index is 0.389. The Hall–Kier alpha value is -1.41. The summed E-state index contributed by atoms with van der Waals surface area (Å²) in [6.07, 6.45) is 3.65. The maximum absolute atomic E-state index is 5.62. The van der Waals surface area contributed by atoms with E-state index in [9.17, 15) is 0 Å². The van der Waals surface area contributed by atoms with Crippen LogP contribution in [0.5, 0.6) is 0 Å². The van der Waals surface area contributed by atoms with Gasteiger partial charge in [0.05, 0.1) is 0 Å². The van der Waals surface area contributed by atoms with E-state index in [4.69, 9.17) is 20.4 Å². The predicted octanol–water partition coefficient (Wildman–Crippen LogP) is 4.00. The van der Waals surface area contributed by atoms with E-state index in [0.29, 0.717) is 11.0 Å². The summed E-state index contributed by atoms with van der Waals surface area (Å²) in [5.41, 5.74) is 0. The Morgan fingerprint density at radius 3 is 2.14 bits per heavy atom. The van der Waals surface area contributed by atoms with Gasteiger partial charge in [-0.1, -0.05) is 0 Å². The third kappa shape index (κ3) is 2.09. The predicted molar refractivity (Wildman–Crippen MR) is 56.1 cm³/mol. The molecule has 2 nitrogen and oxygen atoms in total. The quantitative estimate of drug-likeness (QED) is 0.746. The minimum Gasteiger partial charge on any atom is -0.462 e. The number of halogens is 1. The first-order chi connectivity index (χ1) is 6.74. The second-order valence-corrected chi connectivity index (χ2v) is 3.30. The molecule has 0 saturated carbocycles. The average molecular weight is 209 g/mol. The first kappa shape index (κ1) is 9.16. The van der Waals surface area contributed by atoms with Gasteiger partial charge in [-0.05, 0) is 54.9 Å². The standard InChI is InChI=1S/C11H9ClO2/c1-8-2-3-9(13-8)4-5-10-6-7-11(12)14-10/h2-7H,1H3/b5-4+. The molecule has 72 valence electrons. The van der Waals surface area contributed by atoms with Crippen molar-refractivity contribution in [3.8, 4) is 0 Å². The van der Waals surface area contributed by atoms with E-state index in [0.717, 1.165) is 11.5 Å². The third-order valence-electron chi connectivity index (χ3n) is 1.77. The molecule has 14 heavy (non-hydrogen) atoms. The van der Waals surface area contributed by atoms with Crippen molar-refractivity contribution in [1.82, 2.24) is 0 Å². The Morgan fingerprint density at radius 1 is 1.00 bits per heavy atom. The molecule has 2 rings (SSSR count). The highest BCUT2D eigenvalue weighted by Gasteiger charge is 1.96. The molecule has 0 N–H and O–H groups in total. The van der Waals surface area contributed by atoms with Gasteiger partial charge in [-0.3, -0.25) is 0 Å². The van der Waals surface area contributed by atoms with Crippen LogP contribution in [-0.2, 0) is 0 Å². The smallest absolute Gasteiger partial charge is 0.193 e. The van der Waals surface area contributed by atoms with Gasteiger partial charge in [-0.25, -0.2) is 0 Å². The molecule has 0 aliphatic carbocycles. The Morgan fingerprint density at radius 2 is 1.64 bits per heavy atom. The van der Waals surface area contributed by atoms with Crippen LogP contribution in [-0.4, -0.2) is 0 Å². The van der Waals surface area contributed by atoms with Crippen molar-refractivity contribution in [1.29, 1.82) is 0 Å². The number of aryl methyl sites for hydroxylation is 1. The van der Waals surface area contributed by atoms with Crippen LogP contribution in [0.25, 0.3) is 12.2 Å². The summed E-state index contributed by atoms with van der Waals surface area (Å²) in [5, 5.41) is 0.389. The highest BCUT2D eigenvalue weighted by Crippen LogP contribution is 2.16. The second kappa shape index (κ2) is 3.76. The molecule has 0 spiro atoms. The van der Waals surface area contributed by atoms with E-state index in [1.54, 1.807) is 12.1 Å². The second-order valence-electron chi connectivity index (χ2n) is 2.92. The molecule has 2 aromatic rings. The molecule has 0 aromatic carbocycles. The van der Waals surface area contributed by atoms with Crippen LogP contribution in [0.2, 0.25) is 5.22 Å². The molecule has 3 heteroatoms. The van der Waals surface area contributed by atoms with Gasteiger partial charge < -0.3 is 8.83 Å². The van der Waals surface area contributed by atoms with Crippen LogP contribution in [0.3, 0.4) is 0 Å². The lowest BCUT2D eigenvalue weighted by molar-refractivity contribution is 0.524. The average Bonchev–Trinajstić information content (AvgIpc) is 2.72. The van der Waals surface area contributed by atoms with Crippen LogP contribution in [0, 0.1) is 6.92 Å². The van der Waals surface area contributed by atoms with E-state index in [1.165, 1.54) is 0 Å². The van der Waals surface area contributed by atoms with Crippen LogP contribution < -0.4 is 0 Å². The Kier molecular flexibility index (Phi) is 2.46. The molecule has 0 amide bonds. The van der Waals surface area contributed by atoms with Gasteiger partial charge in [-0.2, -0.15) is 0 Å². The van der Waals surface area contributed by atoms with Gasteiger partial charge in [0.2, 0.25) is 0 Å². The summed E-state index contributed by atoms with van der Waals surface area (Å²) in [5.74, 6) is 2.40. The van der Waals surface area contributed by atoms with Crippen LogP contribution in [0.1, 0.15) is 17.3 Å². The molecule has 2 heterocycles. The first-order valence-corrected chi connectivity index (χ1v) is 4.62. The lowest BCUT2D eigenvalue weighted by Gasteiger charge is -1.85. The summed E-state index contributed by atoms with van der Waals surface area (Å²) in [6.45, 7) is 1.90. The molecule has 0 bridgehead atoms. The van der Waals surface area contributed by atoms with Crippen molar-refractivity contribution in [3.63, 3.8) is 0 Å². The van der Waals surface area contributed by atoms with Gasteiger partial charge in [0.1, 0.15) is 17.3 Å². The maximum Gasteiger partial charge on any atom is 0.193 e. The van der Waals surface area contributed by atoms with E-state index >= 15 is 0 Å². The summed E-state index contributed by atoms with van der Waals surface area (Å²) < 4.78 is 10.5. The first-order valence-electron chi connectivity index (χ1n) is 4.24. The monoisotopic (exact) mass is 208 g/mol. The number of furan rings is 2. The lowest BCUT2D eigenvalue weighted by Crippen LogP contribution is -1.62. The molecule has 0 fully saturated rings. The van der Waals surface area contributed by atoms with E-state index < -0.39 is 0 Å². The molecule has 2 aromatic heterocycles. The zero-order valence-electron chi connectivity index (χ0n) is 7.66. The maximum atomic E-state index is 5.62. The van der Waals surface area contributed by atoms with Gasteiger partial charge >= 0.3 is 0 Å². The fraction of sp³-hybridized carbons (Fsp3) is 0.0909. The largest absolute Gasteiger partial charge is 0.462 e. The highest BCUT2D eigenvalue weighted by molar-refractivity contribution is 6.28. The number of hydrogen-bond donors (Lipinski definition) is 0. The minimum absolute atomic E-state index is 0.389. The fourth-order valence-corrected chi connectivity index (χ4v) is 1.28. The van der Waals surface area contributed by atoms with Crippen molar-refractivity contribution < 1.29 is 8.83 Å². The lowest BCUT2D eigenvalue weighted by atomic mass is 10.3. The Bertz CT molecular complexity index is 409. The molecular weight excluding hydrogens is 200 g/mol.